The molecule has 0 amide bonds. The summed E-state index contributed by atoms with van der Waals surface area (Å²) in [7, 11) is 4.15. The van der Waals surface area contributed by atoms with Crippen LogP contribution in [-0.2, 0) is 11.2 Å². The summed E-state index contributed by atoms with van der Waals surface area (Å²) in [5.74, 6) is 0.489. The number of hydrogen-bond acceptors (Lipinski definition) is 2. The maximum absolute atomic E-state index is 11.7. The highest BCUT2D eigenvalue weighted by atomic mass is 16.1. The monoisotopic (exact) mass is 247 g/mol. The van der Waals surface area contributed by atoms with E-state index in [1.807, 2.05) is 6.07 Å². The fourth-order valence-corrected chi connectivity index (χ4v) is 2.21. The van der Waals surface area contributed by atoms with E-state index in [9.17, 15) is 4.79 Å². The number of carbonyl (C=O) groups is 1. The van der Waals surface area contributed by atoms with E-state index in [4.69, 9.17) is 0 Å². The van der Waals surface area contributed by atoms with E-state index in [1.54, 1.807) is 6.92 Å². The fourth-order valence-electron chi connectivity index (χ4n) is 2.21. The third-order valence-corrected chi connectivity index (χ3v) is 3.46. The number of hydrogen-bond donors (Lipinski definition) is 0. The van der Waals surface area contributed by atoms with Crippen LogP contribution in [0, 0.1) is 12.8 Å². The average molecular weight is 247 g/mol. The molecule has 0 spiro atoms. The SMILES string of the molecule is CC(=O)C(CCCN(C)C)Cc1ccccc1C. The molecule has 1 aromatic carbocycles. The zero-order valence-electron chi connectivity index (χ0n) is 12.1. The number of aryl methyl sites for hydroxylation is 1. The average Bonchev–Trinajstić information content (AvgIpc) is 2.29. The van der Waals surface area contributed by atoms with Crippen LogP contribution in [0.3, 0.4) is 0 Å². The first-order valence-electron chi connectivity index (χ1n) is 6.70. The zero-order chi connectivity index (χ0) is 13.5. The molecule has 0 aliphatic carbocycles. The summed E-state index contributed by atoms with van der Waals surface area (Å²) in [6.07, 6.45) is 2.96. The molecule has 1 unspecified atom stereocenters. The van der Waals surface area contributed by atoms with Gasteiger partial charge in [-0.3, -0.25) is 4.79 Å². The molecular weight excluding hydrogens is 222 g/mol. The van der Waals surface area contributed by atoms with Crippen molar-refractivity contribution in [3.05, 3.63) is 35.4 Å². The molecule has 0 heterocycles. The Morgan fingerprint density at radius 2 is 1.94 bits per heavy atom. The quantitative estimate of drug-likeness (QED) is 0.738. The van der Waals surface area contributed by atoms with E-state index in [0.29, 0.717) is 5.78 Å². The second-order valence-corrected chi connectivity index (χ2v) is 5.38. The van der Waals surface area contributed by atoms with Gasteiger partial charge in [0.25, 0.3) is 0 Å². The van der Waals surface area contributed by atoms with Crippen molar-refractivity contribution in [1.82, 2.24) is 4.90 Å². The van der Waals surface area contributed by atoms with Gasteiger partial charge in [0, 0.05) is 5.92 Å². The minimum absolute atomic E-state index is 0.172. The smallest absolute Gasteiger partial charge is 0.133 e. The molecule has 2 heteroatoms. The standard InChI is InChI=1S/C16H25NO/c1-13-8-5-6-9-15(13)12-16(14(2)18)10-7-11-17(3)4/h5-6,8-9,16H,7,10-12H2,1-4H3. The molecule has 0 radical (unpaired) electrons. The Morgan fingerprint density at radius 1 is 1.28 bits per heavy atom. The summed E-state index contributed by atoms with van der Waals surface area (Å²) in [5.41, 5.74) is 2.60. The first kappa shape index (κ1) is 14.9. The Morgan fingerprint density at radius 3 is 2.50 bits per heavy atom. The highest BCUT2D eigenvalue weighted by Gasteiger charge is 2.15. The Balaban J connectivity index is 2.58. The lowest BCUT2D eigenvalue weighted by Crippen LogP contribution is -2.18. The first-order valence-corrected chi connectivity index (χ1v) is 6.70. The second kappa shape index (κ2) is 7.32. The summed E-state index contributed by atoms with van der Waals surface area (Å²) >= 11 is 0. The van der Waals surface area contributed by atoms with Crippen LogP contribution in [0.1, 0.15) is 30.9 Å². The third kappa shape index (κ3) is 5.01. The summed E-state index contributed by atoms with van der Waals surface area (Å²) in [6.45, 7) is 4.89. The lowest BCUT2D eigenvalue weighted by atomic mass is 9.90. The number of carbonyl (C=O) groups excluding carboxylic acids is 1. The highest BCUT2D eigenvalue weighted by Crippen LogP contribution is 2.18. The molecule has 1 aromatic rings. The van der Waals surface area contributed by atoms with E-state index in [1.165, 1.54) is 11.1 Å². The topological polar surface area (TPSA) is 20.3 Å². The largest absolute Gasteiger partial charge is 0.309 e. The van der Waals surface area contributed by atoms with Gasteiger partial charge < -0.3 is 4.90 Å². The molecule has 100 valence electrons. The van der Waals surface area contributed by atoms with Crippen LogP contribution in [0.2, 0.25) is 0 Å². The lowest BCUT2D eigenvalue weighted by Gasteiger charge is -2.16. The van der Waals surface area contributed by atoms with Crippen molar-refractivity contribution in [2.75, 3.05) is 20.6 Å². The summed E-state index contributed by atoms with van der Waals surface area (Å²) in [4.78, 5) is 13.9. The molecule has 0 bridgehead atoms. The Bertz CT molecular complexity index is 384. The van der Waals surface area contributed by atoms with Gasteiger partial charge in [0.2, 0.25) is 0 Å². The molecule has 1 atom stereocenters. The Labute approximate surface area is 111 Å². The zero-order valence-corrected chi connectivity index (χ0v) is 12.1. The number of Topliss-reactive ketones (excluding diaryl/α,β-unsaturated/α-hetero) is 1. The predicted molar refractivity (Wildman–Crippen MR) is 76.8 cm³/mol. The minimum atomic E-state index is 0.172. The van der Waals surface area contributed by atoms with Gasteiger partial charge in [-0.2, -0.15) is 0 Å². The molecule has 2 nitrogen and oxygen atoms in total. The normalized spacial score (nSPS) is 12.7. The van der Waals surface area contributed by atoms with Gasteiger partial charge in [-0.05, 0) is 64.9 Å². The van der Waals surface area contributed by atoms with E-state index in [2.05, 4.69) is 44.1 Å². The van der Waals surface area contributed by atoms with Gasteiger partial charge in [-0.1, -0.05) is 24.3 Å². The number of rotatable bonds is 7. The summed E-state index contributed by atoms with van der Waals surface area (Å²) < 4.78 is 0. The van der Waals surface area contributed by atoms with Crippen LogP contribution in [0.5, 0.6) is 0 Å². The van der Waals surface area contributed by atoms with Crippen molar-refractivity contribution in [3.63, 3.8) is 0 Å². The maximum atomic E-state index is 11.7. The highest BCUT2D eigenvalue weighted by molar-refractivity contribution is 5.78. The van der Waals surface area contributed by atoms with Crippen molar-refractivity contribution < 1.29 is 4.79 Å². The lowest BCUT2D eigenvalue weighted by molar-refractivity contribution is -0.120. The molecule has 0 aliphatic rings. The van der Waals surface area contributed by atoms with Gasteiger partial charge in [0.05, 0.1) is 0 Å². The van der Waals surface area contributed by atoms with Crippen LogP contribution in [-0.4, -0.2) is 31.3 Å². The summed E-state index contributed by atoms with van der Waals surface area (Å²) in [6, 6.07) is 8.36. The van der Waals surface area contributed by atoms with Crippen molar-refractivity contribution in [3.8, 4) is 0 Å². The van der Waals surface area contributed by atoms with Gasteiger partial charge in [-0.15, -0.1) is 0 Å². The van der Waals surface area contributed by atoms with E-state index in [-0.39, 0.29) is 5.92 Å². The molecule has 18 heavy (non-hydrogen) atoms. The molecule has 1 rings (SSSR count). The molecule has 0 fully saturated rings. The Hall–Kier alpha value is -1.15. The molecule has 0 aliphatic heterocycles. The van der Waals surface area contributed by atoms with Crippen molar-refractivity contribution in [2.24, 2.45) is 5.92 Å². The maximum Gasteiger partial charge on any atom is 0.133 e. The summed E-state index contributed by atoms with van der Waals surface area (Å²) in [5, 5.41) is 0. The molecule has 0 saturated heterocycles. The van der Waals surface area contributed by atoms with Gasteiger partial charge >= 0.3 is 0 Å². The van der Waals surface area contributed by atoms with Gasteiger partial charge in [0.1, 0.15) is 5.78 Å². The van der Waals surface area contributed by atoms with E-state index in [0.717, 1.165) is 25.8 Å². The Kier molecular flexibility index (Phi) is 6.06. The predicted octanol–water partition coefficient (Wildman–Crippen LogP) is 3.08. The van der Waals surface area contributed by atoms with Crippen molar-refractivity contribution in [2.45, 2.75) is 33.1 Å². The molecular formula is C16H25NO. The van der Waals surface area contributed by atoms with Crippen LogP contribution in [0.15, 0.2) is 24.3 Å². The van der Waals surface area contributed by atoms with Crippen molar-refractivity contribution >= 4 is 5.78 Å². The van der Waals surface area contributed by atoms with Crippen molar-refractivity contribution in [1.29, 1.82) is 0 Å². The van der Waals surface area contributed by atoms with Crippen LogP contribution in [0.25, 0.3) is 0 Å². The molecule has 0 saturated carbocycles. The van der Waals surface area contributed by atoms with Crippen LogP contribution >= 0.6 is 0 Å². The fraction of sp³-hybridized carbons (Fsp3) is 0.562. The second-order valence-electron chi connectivity index (χ2n) is 5.38. The first-order chi connectivity index (χ1) is 8.50. The number of ketones is 1. The van der Waals surface area contributed by atoms with E-state index < -0.39 is 0 Å². The third-order valence-electron chi connectivity index (χ3n) is 3.46. The number of benzene rings is 1. The van der Waals surface area contributed by atoms with Crippen LogP contribution in [0.4, 0.5) is 0 Å². The van der Waals surface area contributed by atoms with Crippen LogP contribution < -0.4 is 0 Å². The van der Waals surface area contributed by atoms with Gasteiger partial charge in [0.15, 0.2) is 0 Å². The van der Waals surface area contributed by atoms with Gasteiger partial charge in [-0.25, -0.2) is 0 Å². The molecule has 0 N–H and O–H groups in total. The molecule has 0 aromatic heterocycles. The van der Waals surface area contributed by atoms with E-state index >= 15 is 0 Å². The minimum Gasteiger partial charge on any atom is -0.309 e. The number of nitrogens with zero attached hydrogens (tertiary/aromatic N) is 1.